The lowest BCUT2D eigenvalue weighted by Crippen LogP contribution is -2.52. The maximum absolute atomic E-state index is 14.1. The van der Waals surface area contributed by atoms with Crippen molar-refractivity contribution in [1.29, 1.82) is 0 Å². The zero-order valence-corrected chi connectivity index (χ0v) is 27.4. The summed E-state index contributed by atoms with van der Waals surface area (Å²) in [4.78, 5) is 28.7. The first kappa shape index (κ1) is 34.0. The Hall–Kier alpha value is -3.47. The Morgan fingerprint density at radius 1 is 0.930 bits per heavy atom. The van der Waals surface area contributed by atoms with Crippen molar-refractivity contribution in [2.75, 3.05) is 25.1 Å². The van der Waals surface area contributed by atoms with E-state index < -0.39 is 28.5 Å². The highest BCUT2D eigenvalue weighted by Gasteiger charge is 2.33. The topological polar surface area (TPSA) is 105 Å². The number of hydrogen-bond acceptors (Lipinski definition) is 6. The number of sulfonamides is 1. The molecule has 2 atom stereocenters. The minimum Gasteiger partial charge on any atom is -0.493 e. The lowest BCUT2D eigenvalue weighted by molar-refractivity contribution is -0.139. The lowest BCUT2D eigenvalue weighted by atomic mass is 10.1. The summed E-state index contributed by atoms with van der Waals surface area (Å²) in [6.07, 6.45) is 0.692. The van der Waals surface area contributed by atoms with Gasteiger partial charge in [-0.15, -0.1) is 0 Å². The van der Waals surface area contributed by atoms with Crippen molar-refractivity contribution in [1.82, 2.24) is 10.2 Å². The summed E-state index contributed by atoms with van der Waals surface area (Å²) in [5, 5.41) is 3.62. The van der Waals surface area contributed by atoms with Crippen LogP contribution in [0, 0.1) is 6.92 Å². The molecule has 0 aliphatic heterocycles. The highest BCUT2D eigenvalue weighted by molar-refractivity contribution is 7.92. The van der Waals surface area contributed by atoms with Gasteiger partial charge in [0.1, 0.15) is 12.6 Å². The van der Waals surface area contributed by atoms with Crippen molar-refractivity contribution < 1.29 is 27.5 Å². The molecule has 3 aromatic rings. The van der Waals surface area contributed by atoms with Crippen LogP contribution in [0.1, 0.15) is 38.3 Å². The van der Waals surface area contributed by atoms with Crippen molar-refractivity contribution in [3.05, 3.63) is 81.8 Å². The fourth-order valence-corrected chi connectivity index (χ4v) is 6.10. The van der Waals surface area contributed by atoms with Gasteiger partial charge in [-0.25, -0.2) is 8.42 Å². The summed E-state index contributed by atoms with van der Waals surface area (Å²) in [5.74, 6) is -0.336. The van der Waals surface area contributed by atoms with E-state index in [-0.39, 0.29) is 34.8 Å². The monoisotopic (exact) mass is 649 g/mol. The van der Waals surface area contributed by atoms with Gasteiger partial charge in [-0.05, 0) is 69.2 Å². The van der Waals surface area contributed by atoms with Gasteiger partial charge >= 0.3 is 0 Å². The molecule has 43 heavy (non-hydrogen) atoms. The standard InChI is InChI=1S/C31H37Cl2N3O6S/c1-7-21(3)34-31(38)22(4)35(18-23-10-11-24(32)16-27(23)33)30(37)19-36(25-12-15-28(41-5)29(17-25)42-6)43(39,40)26-13-8-20(2)9-14-26/h8-17,21-22H,7,18-19H2,1-6H3,(H,34,38)/t21-,22+/m0/s1. The van der Waals surface area contributed by atoms with Crippen LogP contribution in [0.2, 0.25) is 10.0 Å². The van der Waals surface area contributed by atoms with Crippen molar-refractivity contribution in [2.45, 2.75) is 57.6 Å². The molecule has 12 heteroatoms. The van der Waals surface area contributed by atoms with Crippen LogP contribution in [0.15, 0.2) is 65.6 Å². The summed E-state index contributed by atoms with van der Waals surface area (Å²) < 4.78 is 39.9. The SMILES string of the molecule is CC[C@H](C)NC(=O)[C@@H](C)N(Cc1ccc(Cl)cc1Cl)C(=O)CN(c1ccc(OC)c(OC)c1)S(=O)(=O)c1ccc(C)cc1. The first-order valence-corrected chi connectivity index (χ1v) is 15.9. The lowest BCUT2D eigenvalue weighted by Gasteiger charge is -2.32. The van der Waals surface area contributed by atoms with Gasteiger partial charge in [0, 0.05) is 28.7 Å². The second-order valence-corrected chi connectivity index (χ2v) is 12.8. The summed E-state index contributed by atoms with van der Waals surface area (Å²) in [7, 11) is -1.36. The number of carbonyl (C=O) groups excluding carboxylic acids is 2. The highest BCUT2D eigenvalue weighted by atomic mass is 35.5. The van der Waals surface area contributed by atoms with Crippen LogP contribution in [0.5, 0.6) is 11.5 Å². The van der Waals surface area contributed by atoms with Gasteiger partial charge in [0.15, 0.2) is 11.5 Å². The second-order valence-electron chi connectivity index (χ2n) is 10.1. The Bertz CT molecular complexity index is 1550. The van der Waals surface area contributed by atoms with Gasteiger partial charge < -0.3 is 19.7 Å². The van der Waals surface area contributed by atoms with Crippen LogP contribution >= 0.6 is 23.2 Å². The predicted molar refractivity (Wildman–Crippen MR) is 170 cm³/mol. The normalized spacial score (nSPS) is 12.7. The van der Waals surface area contributed by atoms with Gasteiger partial charge in [-0.3, -0.25) is 13.9 Å². The van der Waals surface area contributed by atoms with E-state index in [9.17, 15) is 18.0 Å². The van der Waals surface area contributed by atoms with E-state index in [0.29, 0.717) is 27.8 Å². The van der Waals surface area contributed by atoms with E-state index in [4.69, 9.17) is 32.7 Å². The van der Waals surface area contributed by atoms with Crippen LogP contribution in [0.4, 0.5) is 5.69 Å². The van der Waals surface area contributed by atoms with Gasteiger partial charge in [-0.2, -0.15) is 0 Å². The number of halogens is 2. The van der Waals surface area contributed by atoms with E-state index >= 15 is 0 Å². The third-order valence-corrected chi connectivity index (χ3v) is 9.44. The molecule has 0 radical (unpaired) electrons. The molecule has 0 fully saturated rings. The number of rotatable bonds is 13. The molecule has 0 aliphatic rings. The van der Waals surface area contributed by atoms with Crippen LogP contribution in [0.3, 0.4) is 0 Å². The zero-order chi connectivity index (χ0) is 31.9. The number of benzene rings is 3. The molecular weight excluding hydrogens is 613 g/mol. The van der Waals surface area contributed by atoms with E-state index in [0.717, 1.165) is 9.87 Å². The number of carbonyl (C=O) groups is 2. The van der Waals surface area contributed by atoms with Gasteiger partial charge in [-0.1, -0.05) is 53.9 Å². The molecule has 3 rings (SSSR count). The smallest absolute Gasteiger partial charge is 0.264 e. The second kappa shape index (κ2) is 14.8. The van der Waals surface area contributed by atoms with E-state index in [1.54, 1.807) is 43.3 Å². The Morgan fingerprint density at radius 3 is 2.16 bits per heavy atom. The Kier molecular flexibility index (Phi) is 11.7. The molecule has 9 nitrogen and oxygen atoms in total. The first-order valence-electron chi connectivity index (χ1n) is 13.7. The molecule has 3 aromatic carbocycles. The number of hydrogen-bond donors (Lipinski definition) is 1. The number of methoxy groups -OCH3 is 2. The molecule has 0 saturated heterocycles. The quantitative estimate of drug-likeness (QED) is 0.249. The van der Waals surface area contributed by atoms with E-state index in [2.05, 4.69) is 5.32 Å². The van der Waals surface area contributed by atoms with Gasteiger partial charge in [0.25, 0.3) is 10.0 Å². The van der Waals surface area contributed by atoms with Crippen LogP contribution in [-0.2, 0) is 26.2 Å². The Morgan fingerprint density at radius 2 is 1.58 bits per heavy atom. The van der Waals surface area contributed by atoms with Gasteiger partial charge in [0.2, 0.25) is 11.8 Å². The number of nitrogens with zero attached hydrogens (tertiary/aromatic N) is 2. The molecule has 2 amide bonds. The van der Waals surface area contributed by atoms with Crippen molar-refractivity contribution in [2.24, 2.45) is 0 Å². The summed E-state index contributed by atoms with van der Waals surface area (Å²) in [6.45, 7) is 6.56. The molecule has 0 aliphatic carbocycles. The molecule has 1 N–H and O–H groups in total. The molecule has 0 spiro atoms. The Balaban J connectivity index is 2.11. The fraction of sp³-hybridized carbons (Fsp3) is 0.355. The van der Waals surface area contributed by atoms with E-state index in [1.165, 1.54) is 43.4 Å². The minimum atomic E-state index is -4.25. The highest BCUT2D eigenvalue weighted by Crippen LogP contribution is 2.34. The zero-order valence-electron chi connectivity index (χ0n) is 25.1. The third-order valence-electron chi connectivity index (χ3n) is 7.07. The average Bonchev–Trinajstić information content (AvgIpc) is 2.98. The minimum absolute atomic E-state index is 0.00413. The van der Waals surface area contributed by atoms with E-state index in [1.807, 2.05) is 20.8 Å². The van der Waals surface area contributed by atoms with Crippen molar-refractivity contribution >= 4 is 50.7 Å². The maximum atomic E-state index is 14.1. The summed E-state index contributed by atoms with van der Waals surface area (Å²) in [5.41, 5.74) is 1.59. The number of nitrogens with one attached hydrogen (secondary N) is 1. The number of amides is 2. The van der Waals surface area contributed by atoms with Crippen LogP contribution < -0.4 is 19.1 Å². The molecule has 0 unspecified atom stereocenters. The largest absolute Gasteiger partial charge is 0.493 e. The predicted octanol–water partition coefficient (Wildman–Crippen LogP) is 5.85. The van der Waals surface area contributed by atoms with Crippen LogP contribution in [0.25, 0.3) is 0 Å². The maximum Gasteiger partial charge on any atom is 0.264 e. The molecule has 0 saturated carbocycles. The fourth-order valence-electron chi connectivity index (χ4n) is 4.23. The number of anilines is 1. The van der Waals surface area contributed by atoms with Crippen molar-refractivity contribution in [3.63, 3.8) is 0 Å². The average molecular weight is 651 g/mol. The van der Waals surface area contributed by atoms with Crippen LogP contribution in [-0.4, -0.2) is 58.0 Å². The first-order chi connectivity index (χ1) is 20.3. The summed E-state index contributed by atoms with van der Waals surface area (Å²) in [6, 6.07) is 14.6. The Labute approximate surface area is 263 Å². The summed E-state index contributed by atoms with van der Waals surface area (Å²) >= 11 is 12.5. The molecule has 0 bridgehead atoms. The molecule has 232 valence electrons. The molecule has 0 heterocycles. The number of aryl methyl sites for hydroxylation is 1. The van der Waals surface area contributed by atoms with Gasteiger partial charge in [0.05, 0.1) is 24.8 Å². The third kappa shape index (κ3) is 8.34. The number of ether oxygens (including phenoxy) is 2. The molecule has 0 aromatic heterocycles. The molecular formula is C31H37Cl2N3O6S. The van der Waals surface area contributed by atoms with Crippen molar-refractivity contribution in [3.8, 4) is 11.5 Å².